The number of para-hydroxylation sites is 2. The number of anilines is 1. The molecule has 37 heavy (non-hydrogen) atoms. The first kappa shape index (κ1) is 22.6. The molecule has 2 aromatic carbocycles. The average molecular weight is 490 g/mol. The Morgan fingerprint density at radius 1 is 0.919 bits per heavy atom. The molecule has 0 unspecified atom stereocenters. The number of hydrazone groups is 1. The van der Waals surface area contributed by atoms with Crippen LogP contribution < -0.4 is 10.7 Å². The summed E-state index contributed by atoms with van der Waals surface area (Å²) in [6.07, 6.45) is 3.85. The lowest BCUT2D eigenvalue weighted by molar-refractivity contribution is 0.0949. The van der Waals surface area contributed by atoms with E-state index >= 15 is 0 Å². The van der Waals surface area contributed by atoms with E-state index < -0.39 is 5.91 Å². The maximum absolute atomic E-state index is 13.2. The zero-order chi connectivity index (χ0) is 25.4. The standard InChI is InChI=1S/C29H23N5O3/c1-17-25-21(33-34-28(35)23-15-14-18-7-2-3-10-20(18)31-23)11-5-13-24(25)37-27(17)29(36)32-22-12-4-8-19-9-6-16-30-26(19)22/h2-4,6-10,12,14-16H,5,11,13H2,1H3,(H,32,36)(H,34,35)/b33-21+. The molecule has 0 atom stereocenters. The number of pyridine rings is 2. The minimum atomic E-state index is -0.395. The molecule has 8 heteroatoms. The van der Waals surface area contributed by atoms with E-state index in [0.717, 1.165) is 28.3 Å². The summed E-state index contributed by atoms with van der Waals surface area (Å²) in [7, 11) is 0. The molecule has 0 fully saturated rings. The smallest absolute Gasteiger partial charge is 0.291 e. The van der Waals surface area contributed by atoms with Crippen molar-refractivity contribution in [3.63, 3.8) is 0 Å². The van der Waals surface area contributed by atoms with Crippen molar-refractivity contribution in [2.24, 2.45) is 5.10 Å². The molecule has 0 saturated heterocycles. The fourth-order valence-corrected chi connectivity index (χ4v) is 4.75. The van der Waals surface area contributed by atoms with E-state index in [0.29, 0.717) is 41.1 Å². The monoisotopic (exact) mass is 489 g/mol. The third-order valence-electron chi connectivity index (χ3n) is 6.54. The molecule has 6 rings (SSSR count). The molecule has 0 aliphatic heterocycles. The van der Waals surface area contributed by atoms with Crippen molar-refractivity contribution >= 4 is 45.0 Å². The summed E-state index contributed by atoms with van der Waals surface area (Å²) in [5, 5.41) is 9.25. The number of hydrogen-bond donors (Lipinski definition) is 2. The van der Waals surface area contributed by atoms with Gasteiger partial charge in [0.25, 0.3) is 11.8 Å². The number of amides is 2. The summed E-state index contributed by atoms with van der Waals surface area (Å²) in [4.78, 5) is 34.8. The lowest BCUT2D eigenvalue weighted by Gasteiger charge is -2.13. The summed E-state index contributed by atoms with van der Waals surface area (Å²) < 4.78 is 6.01. The summed E-state index contributed by atoms with van der Waals surface area (Å²) in [6, 6.07) is 20.6. The SMILES string of the molecule is Cc1c(C(=O)Nc2cccc3cccnc23)oc2c1/C(=N/NC(=O)c1ccc3ccccc3n1)CCC2. The molecule has 8 nitrogen and oxygen atoms in total. The van der Waals surface area contributed by atoms with E-state index in [1.165, 1.54) is 0 Å². The highest BCUT2D eigenvalue weighted by Gasteiger charge is 2.28. The maximum atomic E-state index is 13.2. The molecule has 182 valence electrons. The molecular formula is C29H23N5O3. The van der Waals surface area contributed by atoms with Gasteiger partial charge in [-0.25, -0.2) is 10.4 Å². The van der Waals surface area contributed by atoms with Gasteiger partial charge in [-0.2, -0.15) is 5.10 Å². The molecule has 0 radical (unpaired) electrons. The maximum Gasteiger partial charge on any atom is 0.291 e. The van der Waals surface area contributed by atoms with Gasteiger partial charge < -0.3 is 9.73 Å². The summed E-state index contributed by atoms with van der Waals surface area (Å²) in [6.45, 7) is 1.84. The minimum Gasteiger partial charge on any atom is -0.455 e. The predicted molar refractivity (Wildman–Crippen MR) is 142 cm³/mol. The minimum absolute atomic E-state index is 0.232. The summed E-state index contributed by atoms with van der Waals surface area (Å²) in [5.74, 6) is 0.179. The van der Waals surface area contributed by atoms with E-state index in [1.807, 2.05) is 67.6 Å². The van der Waals surface area contributed by atoms with Crippen LogP contribution in [0.4, 0.5) is 5.69 Å². The van der Waals surface area contributed by atoms with Crippen LogP contribution in [0.1, 0.15) is 50.8 Å². The van der Waals surface area contributed by atoms with Crippen LogP contribution in [0.3, 0.4) is 0 Å². The lowest BCUT2D eigenvalue weighted by Crippen LogP contribution is -2.23. The Kier molecular flexibility index (Phi) is 5.69. The quantitative estimate of drug-likeness (QED) is 0.328. The Balaban J connectivity index is 1.26. The Morgan fingerprint density at radius 2 is 1.76 bits per heavy atom. The van der Waals surface area contributed by atoms with Crippen LogP contribution in [0.15, 0.2) is 82.4 Å². The Bertz CT molecular complexity index is 1710. The van der Waals surface area contributed by atoms with Crippen LogP contribution in [0.5, 0.6) is 0 Å². The second-order valence-electron chi connectivity index (χ2n) is 8.93. The van der Waals surface area contributed by atoms with Gasteiger partial charge in [-0.3, -0.25) is 14.6 Å². The lowest BCUT2D eigenvalue weighted by atomic mass is 9.93. The van der Waals surface area contributed by atoms with Crippen molar-refractivity contribution in [1.82, 2.24) is 15.4 Å². The molecule has 1 aliphatic rings. The van der Waals surface area contributed by atoms with Crippen LogP contribution in [-0.2, 0) is 6.42 Å². The number of aryl methyl sites for hydroxylation is 1. The second-order valence-corrected chi connectivity index (χ2v) is 8.93. The predicted octanol–water partition coefficient (Wildman–Crippen LogP) is 5.41. The number of carbonyl (C=O) groups is 2. The third-order valence-corrected chi connectivity index (χ3v) is 6.54. The number of hydrogen-bond acceptors (Lipinski definition) is 6. The van der Waals surface area contributed by atoms with Gasteiger partial charge in [0.15, 0.2) is 5.76 Å². The van der Waals surface area contributed by atoms with Crippen molar-refractivity contribution in [1.29, 1.82) is 0 Å². The van der Waals surface area contributed by atoms with Gasteiger partial charge >= 0.3 is 0 Å². The van der Waals surface area contributed by atoms with E-state index in [4.69, 9.17) is 4.42 Å². The Hall–Kier alpha value is -4.85. The number of carbonyl (C=O) groups excluding carboxylic acids is 2. The second kappa shape index (κ2) is 9.31. The fraction of sp³-hybridized carbons (Fsp3) is 0.138. The topological polar surface area (TPSA) is 109 Å². The zero-order valence-electron chi connectivity index (χ0n) is 20.1. The first-order valence-corrected chi connectivity index (χ1v) is 12.1. The molecule has 0 saturated carbocycles. The normalized spacial score (nSPS) is 14.0. The molecule has 5 aromatic rings. The number of aromatic nitrogens is 2. The summed E-state index contributed by atoms with van der Waals surface area (Å²) >= 11 is 0. The number of nitrogens with zero attached hydrogens (tertiary/aromatic N) is 3. The van der Waals surface area contributed by atoms with Crippen LogP contribution in [0.2, 0.25) is 0 Å². The number of benzene rings is 2. The molecule has 3 aromatic heterocycles. The molecule has 2 N–H and O–H groups in total. The molecule has 3 heterocycles. The summed E-state index contributed by atoms with van der Waals surface area (Å²) in [5.41, 5.74) is 7.13. The highest BCUT2D eigenvalue weighted by Crippen LogP contribution is 2.31. The number of fused-ring (bicyclic) bond motifs is 3. The van der Waals surface area contributed by atoms with Gasteiger partial charge in [0.1, 0.15) is 11.5 Å². The fourth-order valence-electron chi connectivity index (χ4n) is 4.75. The highest BCUT2D eigenvalue weighted by atomic mass is 16.4. The third kappa shape index (κ3) is 4.23. The van der Waals surface area contributed by atoms with Gasteiger partial charge in [0.05, 0.1) is 22.4 Å². The van der Waals surface area contributed by atoms with Gasteiger partial charge in [0.2, 0.25) is 0 Å². The number of furan rings is 1. The van der Waals surface area contributed by atoms with Crippen molar-refractivity contribution in [3.05, 3.63) is 101 Å². The van der Waals surface area contributed by atoms with Crippen LogP contribution in [-0.4, -0.2) is 27.5 Å². The average Bonchev–Trinajstić information content (AvgIpc) is 3.28. The van der Waals surface area contributed by atoms with Gasteiger partial charge in [-0.15, -0.1) is 0 Å². The van der Waals surface area contributed by atoms with Crippen LogP contribution >= 0.6 is 0 Å². The van der Waals surface area contributed by atoms with E-state index in [1.54, 1.807) is 12.3 Å². The van der Waals surface area contributed by atoms with E-state index in [9.17, 15) is 9.59 Å². The molecule has 0 spiro atoms. The van der Waals surface area contributed by atoms with Gasteiger partial charge in [0, 0.05) is 34.5 Å². The molecule has 0 bridgehead atoms. The van der Waals surface area contributed by atoms with E-state index in [-0.39, 0.29) is 17.4 Å². The molecule has 2 amide bonds. The van der Waals surface area contributed by atoms with Gasteiger partial charge in [-0.1, -0.05) is 42.5 Å². The molecule has 1 aliphatic carbocycles. The van der Waals surface area contributed by atoms with Gasteiger partial charge in [-0.05, 0) is 44.0 Å². The zero-order valence-corrected chi connectivity index (χ0v) is 20.1. The largest absolute Gasteiger partial charge is 0.455 e. The van der Waals surface area contributed by atoms with Crippen molar-refractivity contribution in [2.45, 2.75) is 26.2 Å². The first-order chi connectivity index (χ1) is 18.1. The highest BCUT2D eigenvalue weighted by molar-refractivity contribution is 6.11. The van der Waals surface area contributed by atoms with Crippen molar-refractivity contribution < 1.29 is 14.0 Å². The van der Waals surface area contributed by atoms with Crippen molar-refractivity contribution in [2.75, 3.05) is 5.32 Å². The van der Waals surface area contributed by atoms with Crippen LogP contribution in [0, 0.1) is 6.92 Å². The van der Waals surface area contributed by atoms with Crippen LogP contribution in [0.25, 0.3) is 21.8 Å². The number of rotatable bonds is 4. The Labute approximate surface area is 212 Å². The first-order valence-electron chi connectivity index (χ1n) is 12.1. The number of nitrogens with one attached hydrogen (secondary N) is 2. The van der Waals surface area contributed by atoms with Crippen molar-refractivity contribution in [3.8, 4) is 0 Å². The van der Waals surface area contributed by atoms with E-state index in [2.05, 4.69) is 25.8 Å². The molecular weight excluding hydrogens is 466 g/mol. The Morgan fingerprint density at radius 3 is 2.68 bits per heavy atom.